The largest absolute Gasteiger partial charge is 0.481 e. The number of aliphatic carboxylic acids is 1. The van der Waals surface area contributed by atoms with E-state index < -0.39 is 5.97 Å². The molecule has 0 aliphatic heterocycles. The third-order valence-electron chi connectivity index (χ3n) is 4.32. The zero-order valence-electron chi connectivity index (χ0n) is 11.8. The lowest BCUT2D eigenvalue weighted by atomic mass is 9.82. The van der Waals surface area contributed by atoms with Crippen LogP contribution < -0.4 is 5.32 Å². The lowest BCUT2D eigenvalue weighted by Gasteiger charge is -2.26. The van der Waals surface area contributed by atoms with Crippen molar-refractivity contribution in [3.05, 3.63) is 30.5 Å². The summed E-state index contributed by atoms with van der Waals surface area (Å²) in [5.41, 5.74) is 0. The summed E-state index contributed by atoms with van der Waals surface area (Å²) >= 11 is 0. The molecule has 1 heterocycles. The average Bonchev–Trinajstić information content (AvgIpc) is 2.53. The van der Waals surface area contributed by atoms with Gasteiger partial charge in [0.15, 0.2) is 5.82 Å². The summed E-state index contributed by atoms with van der Waals surface area (Å²) in [5, 5.41) is 22.7. The SMILES string of the molecule is O=C(O)C1CCC(CNc2nncc3ccccc23)CC1. The molecule has 1 aromatic heterocycles. The van der Waals surface area contributed by atoms with Crippen molar-refractivity contribution in [1.82, 2.24) is 10.2 Å². The molecule has 1 fully saturated rings. The topological polar surface area (TPSA) is 75.1 Å². The molecule has 0 saturated heterocycles. The second-order valence-electron chi connectivity index (χ2n) is 5.72. The van der Waals surface area contributed by atoms with E-state index in [9.17, 15) is 4.79 Å². The van der Waals surface area contributed by atoms with E-state index in [0.29, 0.717) is 5.92 Å². The van der Waals surface area contributed by atoms with Crippen LogP contribution in [0, 0.1) is 11.8 Å². The third kappa shape index (κ3) is 3.12. The number of nitrogens with zero attached hydrogens (tertiary/aromatic N) is 2. The van der Waals surface area contributed by atoms with Gasteiger partial charge in [-0.15, -0.1) is 5.10 Å². The van der Waals surface area contributed by atoms with Crippen LogP contribution in [0.15, 0.2) is 30.5 Å². The number of anilines is 1. The van der Waals surface area contributed by atoms with Crippen molar-refractivity contribution in [3.63, 3.8) is 0 Å². The summed E-state index contributed by atoms with van der Waals surface area (Å²) in [4.78, 5) is 11.0. The summed E-state index contributed by atoms with van der Waals surface area (Å²) in [7, 11) is 0. The Labute approximate surface area is 123 Å². The van der Waals surface area contributed by atoms with E-state index in [0.717, 1.165) is 48.8 Å². The molecule has 3 rings (SSSR count). The Bertz CT molecular complexity index is 631. The summed E-state index contributed by atoms with van der Waals surface area (Å²) in [6, 6.07) is 8.04. The van der Waals surface area contributed by atoms with Gasteiger partial charge < -0.3 is 10.4 Å². The van der Waals surface area contributed by atoms with Crippen LogP contribution in [0.4, 0.5) is 5.82 Å². The first kappa shape index (κ1) is 13.8. The van der Waals surface area contributed by atoms with Crippen LogP contribution in [-0.4, -0.2) is 27.8 Å². The molecule has 1 aliphatic rings. The van der Waals surface area contributed by atoms with E-state index in [4.69, 9.17) is 5.11 Å². The Balaban J connectivity index is 1.61. The van der Waals surface area contributed by atoms with Gasteiger partial charge >= 0.3 is 5.97 Å². The van der Waals surface area contributed by atoms with Crippen molar-refractivity contribution in [2.45, 2.75) is 25.7 Å². The minimum atomic E-state index is -0.652. The number of carbonyl (C=O) groups is 1. The van der Waals surface area contributed by atoms with Gasteiger partial charge in [0.1, 0.15) is 0 Å². The fourth-order valence-electron chi connectivity index (χ4n) is 3.01. The number of carboxylic acid groups (broad SMARTS) is 1. The smallest absolute Gasteiger partial charge is 0.306 e. The van der Waals surface area contributed by atoms with E-state index >= 15 is 0 Å². The second-order valence-corrected chi connectivity index (χ2v) is 5.72. The molecule has 1 aliphatic carbocycles. The first-order valence-electron chi connectivity index (χ1n) is 7.41. The standard InChI is InChI=1S/C16H19N3O2/c20-16(21)12-7-5-11(6-8-12)9-17-15-14-4-2-1-3-13(14)10-18-19-15/h1-4,10-12H,5-9H2,(H,17,19)(H,20,21). The maximum Gasteiger partial charge on any atom is 0.306 e. The van der Waals surface area contributed by atoms with Gasteiger partial charge in [-0.1, -0.05) is 24.3 Å². The number of rotatable bonds is 4. The lowest BCUT2D eigenvalue weighted by molar-refractivity contribution is -0.143. The van der Waals surface area contributed by atoms with Crippen LogP contribution in [-0.2, 0) is 4.79 Å². The number of aromatic nitrogens is 2. The minimum absolute atomic E-state index is 0.154. The highest BCUT2D eigenvalue weighted by atomic mass is 16.4. The number of nitrogens with one attached hydrogen (secondary N) is 1. The summed E-state index contributed by atoms with van der Waals surface area (Å²) in [6.45, 7) is 0.828. The Morgan fingerprint density at radius 1 is 1.24 bits per heavy atom. The molecule has 2 aromatic rings. The molecule has 21 heavy (non-hydrogen) atoms. The number of carboxylic acids is 1. The molecular weight excluding hydrogens is 266 g/mol. The molecule has 0 atom stereocenters. The molecule has 0 radical (unpaired) electrons. The zero-order chi connectivity index (χ0) is 14.7. The van der Waals surface area contributed by atoms with Crippen LogP contribution in [0.25, 0.3) is 10.8 Å². The number of hydrogen-bond donors (Lipinski definition) is 2. The predicted octanol–water partition coefficient (Wildman–Crippen LogP) is 2.93. The van der Waals surface area contributed by atoms with Gasteiger partial charge in [-0.2, -0.15) is 5.10 Å². The Kier molecular flexibility index (Phi) is 3.99. The van der Waals surface area contributed by atoms with Crippen molar-refractivity contribution in [2.75, 3.05) is 11.9 Å². The molecule has 110 valence electrons. The molecule has 0 spiro atoms. The minimum Gasteiger partial charge on any atom is -0.481 e. The fraction of sp³-hybridized carbons (Fsp3) is 0.438. The number of benzene rings is 1. The first-order valence-corrected chi connectivity index (χ1v) is 7.41. The fourth-order valence-corrected chi connectivity index (χ4v) is 3.01. The Morgan fingerprint density at radius 3 is 2.76 bits per heavy atom. The predicted molar refractivity (Wildman–Crippen MR) is 81.1 cm³/mol. The Hall–Kier alpha value is -2.17. The van der Waals surface area contributed by atoms with E-state index in [1.165, 1.54) is 0 Å². The number of fused-ring (bicyclic) bond motifs is 1. The normalized spacial score (nSPS) is 22.1. The molecule has 1 aromatic carbocycles. The molecular formula is C16H19N3O2. The van der Waals surface area contributed by atoms with Gasteiger partial charge in [0, 0.05) is 17.3 Å². The summed E-state index contributed by atoms with van der Waals surface area (Å²) in [6.07, 6.45) is 5.24. The van der Waals surface area contributed by atoms with E-state index in [-0.39, 0.29) is 5.92 Å². The van der Waals surface area contributed by atoms with E-state index in [2.05, 4.69) is 15.5 Å². The maximum absolute atomic E-state index is 11.0. The molecule has 5 nitrogen and oxygen atoms in total. The molecule has 5 heteroatoms. The monoisotopic (exact) mass is 285 g/mol. The number of hydrogen-bond acceptors (Lipinski definition) is 4. The molecule has 0 unspecified atom stereocenters. The van der Waals surface area contributed by atoms with Gasteiger partial charge in [0.05, 0.1) is 12.1 Å². The first-order chi connectivity index (χ1) is 10.2. The maximum atomic E-state index is 11.0. The third-order valence-corrected chi connectivity index (χ3v) is 4.32. The van der Waals surface area contributed by atoms with Gasteiger partial charge in [-0.25, -0.2) is 0 Å². The van der Waals surface area contributed by atoms with Crippen LogP contribution >= 0.6 is 0 Å². The Morgan fingerprint density at radius 2 is 2.00 bits per heavy atom. The van der Waals surface area contributed by atoms with Crippen molar-refractivity contribution < 1.29 is 9.90 Å². The molecule has 1 saturated carbocycles. The quantitative estimate of drug-likeness (QED) is 0.903. The van der Waals surface area contributed by atoms with E-state index in [1.54, 1.807) is 6.20 Å². The van der Waals surface area contributed by atoms with Gasteiger partial charge in [-0.3, -0.25) is 4.79 Å². The van der Waals surface area contributed by atoms with E-state index in [1.807, 2.05) is 24.3 Å². The molecule has 0 bridgehead atoms. The highest BCUT2D eigenvalue weighted by Gasteiger charge is 2.25. The van der Waals surface area contributed by atoms with Crippen molar-refractivity contribution in [3.8, 4) is 0 Å². The highest BCUT2D eigenvalue weighted by Crippen LogP contribution is 2.29. The van der Waals surface area contributed by atoms with Crippen molar-refractivity contribution >= 4 is 22.6 Å². The molecule has 0 amide bonds. The van der Waals surface area contributed by atoms with Gasteiger partial charge in [-0.05, 0) is 31.6 Å². The van der Waals surface area contributed by atoms with Crippen molar-refractivity contribution in [1.29, 1.82) is 0 Å². The van der Waals surface area contributed by atoms with Crippen LogP contribution in [0.1, 0.15) is 25.7 Å². The average molecular weight is 285 g/mol. The zero-order valence-corrected chi connectivity index (χ0v) is 11.8. The van der Waals surface area contributed by atoms with Crippen LogP contribution in [0.5, 0.6) is 0 Å². The van der Waals surface area contributed by atoms with Gasteiger partial charge in [0.2, 0.25) is 0 Å². The molecule has 2 N–H and O–H groups in total. The van der Waals surface area contributed by atoms with Gasteiger partial charge in [0.25, 0.3) is 0 Å². The highest BCUT2D eigenvalue weighted by molar-refractivity contribution is 5.90. The van der Waals surface area contributed by atoms with Crippen molar-refractivity contribution in [2.24, 2.45) is 11.8 Å². The summed E-state index contributed by atoms with van der Waals surface area (Å²) < 4.78 is 0. The second kappa shape index (κ2) is 6.08. The summed E-state index contributed by atoms with van der Waals surface area (Å²) in [5.74, 6) is 0.523. The van der Waals surface area contributed by atoms with Crippen LogP contribution in [0.2, 0.25) is 0 Å². The lowest BCUT2D eigenvalue weighted by Crippen LogP contribution is -2.25. The van der Waals surface area contributed by atoms with Crippen LogP contribution in [0.3, 0.4) is 0 Å².